The van der Waals surface area contributed by atoms with Crippen molar-refractivity contribution in [2.24, 2.45) is 5.10 Å². The fraction of sp³-hybridized carbons (Fsp3) is 0.0455. The Balaban J connectivity index is 1.70. The number of amides is 1. The summed E-state index contributed by atoms with van der Waals surface area (Å²) < 4.78 is 10.7. The van der Waals surface area contributed by atoms with Gasteiger partial charge in [-0.25, -0.2) is 10.2 Å². The number of halogens is 3. The monoisotopic (exact) mass is 492 g/mol. The van der Waals surface area contributed by atoms with E-state index in [2.05, 4.69) is 10.5 Å². The van der Waals surface area contributed by atoms with Gasteiger partial charge in [0.1, 0.15) is 0 Å². The highest BCUT2D eigenvalue weighted by molar-refractivity contribution is 6.37. The Bertz CT molecular complexity index is 1190. The number of hydrogen-bond acceptors (Lipinski definition) is 6. The molecule has 3 rings (SSSR count). The molecule has 1 amide bonds. The van der Waals surface area contributed by atoms with Gasteiger partial charge in [-0.05, 0) is 48.0 Å². The van der Waals surface area contributed by atoms with Crippen LogP contribution >= 0.6 is 34.8 Å². The third-order valence-electron chi connectivity index (χ3n) is 4.14. The van der Waals surface area contributed by atoms with E-state index in [1.54, 1.807) is 36.4 Å². The van der Waals surface area contributed by atoms with E-state index in [4.69, 9.17) is 44.3 Å². The minimum atomic E-state index is -0.631. The van der Waals surface area contributed by atoms with E-state index < -0.39 is 11.9 Å². The van der Waals surface area contributed by atoms with Crippen LogP contribution in [0.1, 0.15) is 26.3 Å². The van der Waals surface area contributed by atoms with E-state index in [9.17, 15) is 14.7 Å². The third kappa shape index (κ3) is 5.50. The quantitative estimate of drug-likeness (QED) is 0.209. The molecule has 7 nitrogen and oxygen atoms in total. The standard InChI is InChI=1S/C22H15Cl3N2O5/c1-31-19-8-12(6-7-18(19)32-22(30)14-4-2-3-5-15(14)23)11-26-27-21(29)13-9-16(24)20(28)17(25)10-13/h2-11,28H,1H3,(H,27,29)/b26-11-. The first-order chi connectivity index (χ1) is 15.3. The Morgan fingerprint density at radius 3 is 2.31 bits per heavy atom. The largest absolute Gasteiger partial charge is 0.505 e. The molecule has 0 atom stereocenters. The van der Waals surface area contributed by atoms with Crippen LogP contribution < -0.4 is 14.9 Å². The van der Waals surface area contributed by atoms with Crippen molar-refractivity contribution in [3.8, 4) is 17.2 Å². The molecular formula is C22H15Cl3N2O5. The zero-order valence-electron chi connectivity index (χ0n) is 16.4. The molecule has 3 aromatic rings. The van der Waals surface area contributed by atoms with Crippen molar-refractivity contribution < 1.29 is 24.2 Å². The Hall–Kier alpha value is -3.26. The number of carbonyl (C=O) groups excluding carboxylic acids is 2. The summed E-state index contributed by atoms with van der Waals surface area (Å²) in [4.78, 5) is 24.6. The summed E-state index contributed by atoms with van der Waals surface area (Å²) in [7, 11) is 1.42. The highest BCUT2D eigenvalue weighted by atomic mass is 35.5. The van der Waals surface area contributed by atoms with E-state index >= 15 is 0 Å². The average molecular weight is 494 g/mol. The van der Waals surface area contributed by atoms with E-state index in [-0.39, 0.29) is 43.4 Å². The molecule has 0 aliphatic rings. The minimum Gasteiger partial charge on any atom is -0.505 e. The molecule has 164 valence electrons. The number of nitrogens with one attached hydrogen (secondary N) is 1. The molecule has 0 aromatic heterocycles. The van der Waals surface area contributed by atoms with Crippen LogP contribution in [-0.4, -0.2) is 30.3 Å². The number of aromatic hydroxyl groups is 1. The minimum absolute atomic E-state index is 0.0571. The predicted molar refractivity (Wildman–Crippen MR) is 123 cm³/mol. The van der Waals surface area contributed by atoms with Crippen LogP contribution in [0.3, 0.4) is 0 Å². The topological polar surface area (TPSA) is 97.2 Å². The summed E-state index contributed by atoms with van der Waals surface area (Å²) >= 11 is 17.7. The van der Waals surface area contributed by atoms with Gasteiger partial charge in [-0.15, -0.1) is 0 Å². The molecule has 3 aromatic carbocycles. The van der Waals surface area contributed by atoms with Crippen molar-refractivity contribution in [1.29, 1.82) is 0 Å². The Kier molecular flexibility index (Phi) is 7.58. The number of carbonyl (C=O) groups is 2. The third-order valence-corrected chi connectivity index (χ3v) is 5.05. The lowest BCUT2D eigenvalue weighted by atomic mass is 10.2. The van der Waals surface area contributed by atoms with Gasteiger partial charge in [-0.3, -0.25) is 4.79 Å². The number of hydrazone groups is 1. The second kappa shape index (κ2) is 10.4. The van der Waals surface area contributed by atoms with Crippen LogP contribution in [0.4, 0.5) is 0 Å². The summed E-state index contributed by atoms with van der Waals surface area (Å²) in [6.45, 7) is 0. The molecular weight excluding hydrogens is 479 g/mol. The first-order valence-corrected chi connectivity index (χ1v) is 10.1. The lowest BCUT2D eigenvalue weighted by Gasteiger charge is -2.10. The lowest BCUT2D eigenvalue weighted by molar-refractivity contribution is 0.0729. The first kappa shape index (κ1) is 23.4. The number of methoxy groups -OCH3 is 1. The van der Waals surface area contributed by atoms with E-state index in [1.165, 1.54) is 31.5 Å². The van der Waals surface area contributed by atoms with Gasteiger partial charge in [0.05, 0.1) is 34.0 Å². The predicted octanol–water partition coefficient (Wildman–Crippen LogP) is 5.34. The summed E-state index contributed by atoms with van der Waals surface area (Å²) in [6, 6.07) is 13.7. The SMILES string of the molecule is COc1cc(/C=N\NC(=O)c2cc(Cl)c(O)c(Cl)c2)ccc1OC(=O)c1ccccc1Cl. The van der Waals surface area contributed by atoms with Crippen molar-refractivity contribution in [2.45, 2.75) is 0 Å². The Labute approximate surface area is 198 Å². The number of phenols is 1. The Morgan fingerprint density at radius 1 is 0.969 bits per heavy atom. The van der Waals surface area contributed by atoms with Crippen LogP contribution in [0.2, 0.25) is 15.1 Å². The van der Waals surface area contributed by atoms with Crippen molar-refractivity contribution >= 4 is 52.9 Å². The van der Waals surface area contributed by atoms with Gasteiger partial charge >= 0.3 is 5.97 Å². The van der Waals surface area contributed by atoms with Crippen molar-refractivity contribution in [2.75, 3.05) is 7.11 Å². The number of phenolic OH excluding ortho intramolecular Hbond substituents is 1. The number of hydrogen-bond donors (Lipinski definition) is 2. The van der Waals surface area contributed by atoms with Gasteiger partial charge < -0.3 is 14.6 Å². The number of ether oxygens (including phenoxy) is 2. The van der Waals surface area contributed by atoms with Crippen molar-refractivity contribution in [3.63, 3.8) is 0 Å². The maximum absolute atomic E-state index is 12.4. The maximum Gasteiger partial charge on any atom is 0.345 e. The van der Waals surface area contributed by atoms with E-state index in [0.29, 0.717) is 5.56 Å². The molecule has 0 radical (unpaired) electrons. The molecule has 32 heavy (non-hydrogen) atoms. The molecule has 0 spiro atoms. The van der Waals surface area contributed by atoms with Gasteiger partial charge in [0, 0.05) is 5.56 Å². The molecule has 0 bridgehead atoms. The highest BCUT2D eigenvalue weighted by Crippen LogP contribution is 2.32. The molecule has 0 saturated heterocycles. The smallest absolute Gasteiger partial charge is 0.345 e. The summed E-state index contributed by atoms with van der Waals surface area (Å²) in [5, 5.41) is 13.6. The fourth-order valence-corrected chi connectivity index (χ4v) is 3.26. The van der Waals surface area contributed by atoms with Gasteiger partial charge in [0.25, 0.3) is 5.91 Å². The number of esters is 1. The molecule has 0 saturated carbocycles. The fourth-order valence-electron chi connectivity index (χ4n) is 2.56. The van der Waals surface area contributed by atoms with Gasteiger partial charge in [0.15, 0.2) is 17.2 Å². The highest BCUT2D eigenvalue weighted by Gasteiger charge is 2.15. The van der Waals surface area contributed by atoms with Gasteiger partial charge in [0.2, 0.25) is 0 Å². The zero-order chi connectivity index (χ0) is 23.3. The van der Waals surface area contributed by atoms with Crippen molar-refractivity contribution in [3.05, 3.63) is 86.4 Å². The molecule has 0 unspecified atom stereocenters. The van der Waals surface area contributed by atoms with Crippen LogP contribution in [0.5, 0.6) is 17.2 Å². The molecule has 0 aliphatic carbocycles. The molecule has 0 heterocycles. The molecule has 0 fully saturated rings. The second-order valence-electron chi connectivity index (χ2n) is 6.27. The number of nitrogens with zero attached hydrogens (tertiary/aromatic N) is 1. The van der Waals surface area contributed by atoms with Crippen LogP contribution in [0, 0.1) is 0 Å². The average Bonchev–Trinajstić information content (AvgIpc) is 2.78. The Morgan fingerprint density at radius 2 is 1.66 bits per heavy atom. The zero-order valence-corrected chi connectivity index (χ0v) is 18.7. The van der Waals surface area contributed by atoms with Crippen LogP contribution in [0.15, 0.2) is 59.7 Å². The maximum atomic E-state index is 12.4. The lowest BCUT2D eigenvalue weighted by Crippen LogP contribution is -2.17. The normalized spacial score (nSPS) is 10.8. The summed E-state index contributed by atoms with van der Waals surface area (Å²) in [5.41, 5.74) is 3.22. The van der Waals surface area contributed by atoms with E-state index in [1.807, 2.05) is 0 Å². The molecule has 0 aliphatic heterocycles. The van der Waals surface area contributed by atoms with Gasteiger partial charge in [-0.2, -0.15) is 5.10 Å². The molecule has 10 heteroatoms. The first-order valence-electron chi connectivity index (χ1n) is 8.96. The van der Waals surface area contributed by atoms with Crippen LogP contribution in [0.25, 0.3) is 0 Å². The second-order valence-corrected chi connectivity index (χ2v) is 7.49. The summed E-state index contributed by atoms with van der Waals surface area (Å²) in [5.74, 6) is -1.06. The number of benzene rings is 3. The van der Waals surface area contributed by atoms with Crippen molar-refractivity contribution in [1.82, 2.24) is 5.43 Å². The van der Waals surface area contributed by atoms with Gasteiger partial charge in [-0.1, -0.05) is 46.9 Å². The molecule has 2 N–H and O–H groups in total. The summed E-state index contributed by atoms with van der Waals surface area (Å²) in [6.07, 6.45) is 1.36. The van der Waals surface area contributed by atoms with E-state index in [0.717, 1.165) is 0 Å². The van der Waals surface area contributed by atoms with Crippen LogP contribution in [-0.2, 0) is 0 Å². The number of rotatable bonds is 6.